The predicted octanol–water partition coefficient (Wildman–Crippen LogP) is 2.50. The lowest BCUT2D eigenvalue weighted by Crippen LogP contribution is -2.32. The quantitative estimate of drug-likeness (QED) is 0.492. The van der Waals surface area contributed by atoms with Gasteiger partial charge >= 0.3 is 0 Å². The standard InChI is InChI=1S/C21H23NO5/c23-19-7-3-16(11-20(19)24)4-8-21(25)22-10-9-15-1-5-18(6-2-15)27-14-17-12-26-13-17/h1-8,11,17,23-24H,9-10,12-14H2,(H,22,25)/b8-4+. The molecule has 2 aromatic rings. The molecule has 1 aliphatic rings. The molecule has 2 aromatic carbocycles. The van der Waals surface area contributed by atoms with Gasteiger partial charge in [-0.3, -0.25) is 4.79 Å². The van der Waals surface area contributed by atoms with E-state index in [1.807, 2.05) is 24.3 Å². The molecule has 0 unspecified atom stereocenters. The maximum Gasteiger partial charge on any atom is 0.244 e. The van der Waals surface area contributed by atoms with Gasteiger partial charge in [-0.05, 0) is 47.9 Å². The van der Waals surface area contributed by atoms with Crippen LogP contribution in [0.1, 0.15) is 11.1 Å². The predicted molar refractivity (Wildman–Crippen MR) is 102 cm³/mol. The van der Waals surface area contributed by atoms with E-state index in [0.29, 0.717) is 24.6 Å². The van der Waals surface area contributed by atoms with Crippen molar-refractivity contribution in [3.63, 3.8) is 0 Å². The summed E-state index contributed by atoms with van der Waals surface area (Å²) in [5.41, 5.74) is 1.74. The highest BCUT2D eigenvalue weighted by molar-refractivity contribution is 5.91. The van der Waals surface area contributed by atoms with E-state index in [4.69, 9.17) is 9.47 Å². The van der Waals surface area contributed by atoms with Crippen LogP contribution in [-0.2, 0) is 16.0 Å². The zero-order valence-corrected chi connectivity index (χ0v) is 14.9. The van der Waals surface area contributed by atoms with Crippen LogP contribution in [0.5, 0.6) is 17.2 Å². The number of carbonyl (C=O) groups excluding carboxylic acids is 1. The van der Waals surface area contributed by atoms with Crippen molar-refractivity contribution in [2.75, 3.05) is 26.4 Å². The zero-order valence-electron chi connectivity index (χ0n) is 14.9. The van der Waals surface area contributed by atoms with Crippen molar-refractivity contribution in [2.24, 2.45) is 5.92 Å². The first-order chi connectivity index (χ1) is 13.1. The van der Waals surface area contributed by atoms with E-state index >= 15 is 0 Å². The Morgan fingerprint density at radius 2 is 1.93 bits per heavy atom. The average Bonchev–Trinajstić information content (AvgIpc) is 2.63. The minimum Gasteiger partial charge on any atom is -0.504 e. The Kier molecular flexibility index (Phi) is 6.33. The minimum absolute atomic E-state index is 0.190. The van der Waals surface area contributed by atoms with Gasteiger partial charge in [0, 0.05) is 18.5 Å². The van der Waals surface area contributed by atoms with E-state index in [9.17, 15) is 15.0 Å². The number of benzene rings is 2. The first kappa shape index (κ1) is 18.8. The van der Waals surface area contributed by atoms with Gasteiger partial charge in [-0.1, -0.05) is 18.2 Å². The van der Waals surface area contributed by atoms with Crippen LogP contribution in [0.4, 0.5) is 0 Å². The summed E-state index contributed by atoms with van der Waals surface area (Å²) in [6, 6.07) is 12.2. The van der Waals surface area contributed by atoms with Crippen molar-refractivity contribution in [3.05, 3.63) is 59.7 Å². The van der Waals surface area contributed by atoms with Crippen molar-refractivity contribution in [3.8, 4) is 17.2 Å². The van der Waals surface area contributed by atoms with Gasteiger partial charge in [0.1, 0.15) is 5.75 Å². The van der Waals surface area contributed by atoms with E-state index in [0.717, 1.165) is 30.9 Å². The molecule has 0 atom stereocenters. The summed E-state index contributed by atoms with van der Waals surface area (Å²) in [7, 11) is 0. The van der Waals surface area contributed by atoms with Gasteiger partial charge in [-0.25, -0.2) is 0 Å². The normalized spacial score (nSPS) is 14.1. The van der Waals surface area contributed by atoms with Gasteiger partial charge in [-0.15, -0.1) is 0 Å². The Morgan fingerprint density at radius 1 is 1.15 bits per heavy atom. The van der Waals surface area contributed by atoms with Crippen LogP contribution in [0.3, 0.4) is 0 Å². The zero-order chi connectivity index (χ0) is 19.1. The molecule has 0 saturated carbocycles. The number of carbonyl (C=O) groups is 1. The van der Waals surface area contributed by atoms with Crippen molar-refractivity contribution < 1.29 is 24.5 Å². The third-order valence-corrected chi connectivity index (χ3v) is 4.26. The molecule has 1 heterocycles. The van der Waals surface area contributed by atoms with E-state index in [-0.39, 0.29) is 17.4 Å². The molecule has 0 aliphatic carbocycles. The molecule has 1 fully saturated rings. The second-order valence-electron chi connectivity index (χ2n) is 6.48. The van der Waals surface area contributed by atoms with E-state index < -0.39 is 0 Å². The van der Waals surface area contributed by atoms with Crippen LogP contribution >= 0.6 is 0 Å². The molecule has 3 rings (SSSR count). The van der Waals surface area contributed by atoms with Crippen LogP contribution < -0.4 is 10.1 Å². The highest BCUT2D eigenvalue weighted by Gasteiger charge is 2.18. The van der Waals surface area contributed by atoms with Crippen LogP contribution in [0.25, 0.3) is 6.08 Å². The third-order valence-electron chi connectivity index (χ3n) is 4.26. The summed E-state index contributed by atoms with van der Waals surface area (Å²) in [6.45, 7) is 2.75. The number of amides is 1. The van der Waals surface area contributed by atoms with Gasteiger partial charge in [0.15, 0.2) is 11.5 Å². The fourth-order valence-corrected chi connectivity index (χ4v) is 2.55. The fraction of sp³-hybridized carbons (Fsp3) is 0.286. The van der Waals surface area contributed by atoms with E-state index in [1.54, 1.807) is 12.1 Å². The van der Waals surface area contributed by atoms with Crippen LogP contribution in [0, 0.1) is 5.92 Å². The average molecular weight is 369 g/mol. The third kappa shape index (κ3) is 5.76. The number of hydrogen-bond donors (Lipinski definition) is 3. The Hall–Kier alpha value is -2.99. The molecular weight excluding hydrogens is 346 g/mol. The SMILES string of the molecule is O=C(/C=C/c1ccc(O)c(O)c1)NCCc1ccc(OCC2COC2)cc1. The van der Waals surface area contributed by atoms with Crippen LogP contribution in [0.15, 0.2) is 48.5 Å². The number of hydrogen-bond acceptors (Lipinski definition) is 5. The van der Waals surface area contributed by atoms with Gasteiger partial charge in [0.25, 0.3) is 0 Å². The maximum absolute atomic E-state index is 11.9. The second kappa shape index (κ2) is 9.09. The van der Waals surface area contributed by atoms with Gasteiger partial charge in [-0.2, -0.15) is 0 Å². The monoisotopic (exact) mass is 369 g/mol. The Morgan fingerprint density at radius 3 is 2.59 bits per heavy atom. The molecule has 6 nitrogen and oxygen atoms in total. The summed E-state index contributed by atoms with van der Waals surface area (Å²) in [4.78, 5) is 11.9. The lowest BCUT2D eigenvalue weighted by atomic mass is 10.1. The topological polar surface area (TPSA) is 88.0 Å². The molecule has 1 amide bonds. The van der Waals surface area contributed by atoms with E-state index in [1.165, 1.54) is 18.2 Å². The summed E-state index contributed by atoms with van der Waals surface area (Å²) < 4.78 is 10.8. The van der Waals surface area contributed by atoms with Crippen molar-refractivity contribution in [1.82, 2.24) is 5.32 Å². The first-order valence-corrected chi connectivity index (χ1v) is 8.87. The van der Waals surface area contributed by atoms with Crippen LogP contribution in [0.2, 0.25) is 0 Å². The summed E-state index contributed by atoms with van der Waals surface area (Å²) in [6.07, 6.45) is 3.69. The number of aromatic hydroxyl groups is 2. The maximum atomic E-state index is 11.9. The molecule has 0 aromatic heterocycles. The molecule has 27 heavy (non-hydrogen) atoms. The molecule has 3 N–H and O–H groups in total. The summed E-state index contributed by atoms with van der Waals surface area (Å²) in [5.74, 6) is 0.717. The lowest BCUT2D eigenvalue weighted by molar-refractivity contribution is -0.116. The number of ether oxygens (including phenoxy) is 2. The van der Waals surface area contributed by atoms with Crippen LogP contribution in [-0.4, -0.2) is 42.5 Å². The number of rotatable bonds is 8. The Bertz CT molecular complexity index is 797. The number of phenolic OH excluding ortho intramolecular Hbond substituents is 2. The van der Waals surface area contributed by atoms with Crippen molar-refractivity contribution in [2.45, 2.75) is 6.42 Å². The minimum atomic E-state index is -0.217. The Balaban J connectivity index is 1.38. The van der Waals surface area contributed by atoms with Gasteiger partial charge in [0.2, 0.25) is 5.91 Å². The summed E-state index contributed by atoms with van der Waals surface area (Å²) in [5, 5.41) is 21.5. The number of nitrogens with one attached hydrogen (secondary N) is 1. The molecule has 0 radical (unpaired) electrons. The molecule has 1 saturated heterocycles. The Labute approximate surface area is 158 Å². The smallest absolute Gasteiger partial charge is 0.244 e. The molecule has 0 spiro atoms. The second-order valence-corrected chi connectivity index (χ2v) is 6.48. The molecule has 6 heteroatoms. The van der Waals surface area contributed by atoms with Gasteiger partial charge in [0.05, 0.1) is 19.8 Å². The molecule has 1 aliphatic heterocycles. The first-order valence-electron chi connectivity index (χ1n) is 8.87. The summed E-state index contributed by atoms with van der Waals surface area (Å²) >= 11 is 0. The largest absolute Gasteiger partial charge is 0.504 e. The lowest BCUT2D eigenvalue weighted by Gasteiger charge is -2.25. The van der Waals surface area contributed by atoms with Crippen molar-refractivity contribution >= 4 is 12.0 Å². The fourth-order valence-electron chi connectivity index (χ4n) is 2.55. The molecule has 0 bridgehead atoms. The van der Waals surface area contributed by atoms with Gasteiger partial charge < -0.3 is 25.0 Å². The number of phenols is 2. The van der Waals surface area contributed by atoms with Crippen molar-refractivity contribution in [1.29, 1.82) is 0 Å². The molecule has 142 valence electrons. The molecular formula is C21H23NO5. The highest BCUT2D eigenvalue weighted by atomic mass is 16.5. The van der Waals surface area contributed by atoms with E-state index in [2.05, 4.69) is 5.32 Å². The highest BCUT2D eigenvalue weighted by Crippen LogP contribution is 2.25.